The molecule has 1 unspecified atom stereocenters. The van der Waals surface area contributed by atoms with E-state index in [1.165, 1.54) is 0 Å². The molecule has 0 saturated carbocycles. The van der Waals surface area contributed by atoms with Gasteiger partial charge in [-0.3, -0.25) is 9.59 Å². The van der Waals surface area contributed by atoms with E-state index < -0.39 is 11.8 Å². The van der Waals surface area contributed by atoms with Gasteiger partial charge >= 0.3 is 11.8 Å². The number of primary amides is 1. The fraction of sp³-hybridized carbons (Fsp3) is 0.467. The summed E-state index contributed by atoms with van der Waals surface area (Å²) in [5.74, 6) is -1.16. The maximum atomic E-state index is 11.9. The molecule has 0 radical (unpaired) electrons. The molecular formula is C15H22N2O2. The van der Waals surface area contributed by atoms with Crippen LogP contribution in [-0.2, 0) is 16.1 Å². The fourth-order valence-corrected chi connectivity index (χ4v) is 1.87. The summed E-state index contributed by atoms with van der Waals surface area (Å²) in [6, 6.07) is 7.84. The Labute approximate surface area is 114 Å². The minimum atomic E-state index is -0.892. The van der Waals surface area contributed by atoms with E-state index in [2.05, 4.69) is 13.8 Å². The lowest BCUT2D eigenvalue weighted by molar-refractivity contribution is -0.145. The van der Waals surface area contributed by atoms with Crippen LogP contribution < -0.4 is 5.73 Å². The molecule has 0 bridgehead atoms. The summed E-state index contributed by atoms with van der Waals surface area (Å²) in [6.07, 6.45) is 0.955. The molecular weight excluding hydrogens is 240 g/mol. The Hall–Kier alpha value is -1.84. The molecule has 1 rings (SSSR count). The molecule has 0 aliphatic heterocycles. The van der Waals surface area contributed by atoms with Gasteiger partial charge in [-0.25, -0.2) is 0 Å². The van der Waals surface area contributed by atoms with Crippen LogP contribution >= 0.6 is 0 Å². The van der Waals surface area contributed by atoms with Crippen molar-refractivity contribution in [2.24, 2.45) is 11.7 Å². The molecule has 0 saturated heterocycles. The number of benzene rings is 1. The number of nitrogens with zero attached hydrogens (tertiary/aromatic N) is 1. The molecule has 1 aromatic carbocycles. The molecule has 19 heavy (non-hydrogen) atoms. The van der Waals surface area contributed by atoms with Gasteiger partial charge in [0.1, 0.15) is 0 Å². The van der Waals surface area contributed by atoms with Crippen LogP contribution in [0, 0.1) is 12.8 Å². The number of carbonyl (C=O) groups is 2. The van der Waals surface area contributed by atoms with Crippen LogP contribution in [0.15, 0.2) is 24.3 Å². The van der Waals surface area contributed by atoms with Gasteiger partial charge in [0.2, 0.25) is 0 Å². The van der Waals surface area contributed by atoms with Crippen LogP contribution in [-0.4, -0.2) is 23.3 Å². The Bertz CT molecular complexity index is 457. The molecule has 0 aromatic heterocycles. The first kappa shape index (κ1) is 15.2. The van der Waals surface area contributed by atoms with Crippen molar-refractivity contribution in [2.75, 3.05) is 6.54 Å². The monoisotopic (exact) mass is 262 g/mol. The summed E-state index contributed by atoms with van der Waals surface area (Å²) in [4.78, 5) is 24.5. The van der Waals surface area contributed by atoms with Crippen molar-refractivity contribution < 1.29 is 9.59 Å². The Morgan fingerprint density at radius 2 is 1.95 bits per heavy atom. The number of rotatable bonds is 5. The number of aryl methyl sites for hydroxylation is 1. The third-order valence-corrected chi connectivity index (χ3v) is 3.35. The van der Waals surface area contributed by atoms with E-state index in [0.717, 1.165) is 17.5 Å². The van der Waals surface area contributed by atoms with Gasteiger partial charge in [0, 0.05) is 13.1 Å². The number of hydrogen-bond acceptors (Lipinski definition) is 2. The minimum Gasteiger partial charge on any atom is -0.361 e. The normalized spacial score (nSPS) is 11.9. The number of hydrogen-bond donors (Lipinski definition) is 1. The highest BCUT2D eigenvalue weighted by atomic mass is 16.2. The Morgan fingerprint density at radius 1 is 1.32 bits per heavy atom. The predicted molar refractivity (Wildman–Crippen MR) is 75.2 cm³/mol. The van der Waals surface area contributed by atoms with E-state index in [4.69, 9.17) is 5.73 Å². The molecule has 104 valence electrons. The molecule has 0 aliphatic carbocycles. The van der Waals surface area contributed by atoms with E-state index >= 15 is 0 Å². The highest BCUT2D eigenvalue weighted by Gasteiger charge is 2.21. The maximum Gasteiger partial charge on any atom is 0.311 e. The van der Waals surface area contributed by atoms with Crippen LogP contribution in [0.1, 0.15) is 31.4 Å². The average Bonchev–Trinajstić information content (AvgIpc) is 2.39. The summed E-state index contributed by atoms with van der Waals surface area (Å²) in [7, 11) is 0. The van der Waals surface area contributed by atoms with E-state index in [9.17, 15) is 9.59 Å². The second-order valence-corrected chi connectivity index (χ2v) is 4.99. The van der Waals surface area contributed by atoms with Crippen LogP contribution in [0.2, 0.25) is 0 Å². The molecule has 4 heteroatoms. The Morgan fingerprint density at radius 3 is 2.47 bits per heavy atom. The first-order chi connectivity index (χ1) is 8.95. The zero-order valence-electron chi connectivity index (χ0n) is 11.8. The average molecular weight is 262 g/mol. The van der Waals surface area contributed by atoms with Gasteiger partial charge in [-0.2, -0.15) is 0 Å². The van der Waals surface area contributed by atoms with Crippen molar-refractivity contribution in [2.45, 2.75) is 33.7 Å². The number of nitrogens with two attached hydrogens (primary N) is 1. The van der Waals surface area contributed by atoms with Gasteiger partial charge in [0.15, 0.2) is 0 Å². The Kier molecular flexibility index (Phi) is 5.55. The lowest BCUT2D eigenvalue weighted by atomic mass is 10.1. The molecule has 0 heterocycles. The van der Waals surface area contributed by atoms with Crippen molar-refractivity contribution in [1.82, 2.24) is 4.90 Å². The predicted octanol–water partition coefficient (Wildman–Crippen LogP) is 1.86. The first-order valence-corrected chi connectivity index (χ1v) is 6.58. The van der Waals surface area contributed by atoms with E-state index in [-0.39, 0.29) is 0 Å². The molecule has 2 amide bonds. The standard InChI is InChI=1S/C15H22N2O2/c1-4-11(2)9-17(15(19)14(16)18)10-13-8-6-5-7-12(13)3/h5-8,11H,4,9-10H2,1-3H3,(H2,16,18). The van der Waals surface area contributed by atoms with Gasteiger partial charge in [-0.1, -0.05) is 44.5 Å². The quantitative estimate of drug-likeness (QED) is 0.823. The largest absolute Gasteiger partial charge is 0.361 e. The number of amides is 2. The first-order valence-electron chi connectivity index (χ1n) is 6.58. The van der Waals surface area contributed by atoms with Crippen LogP contribution in [0.25, 0.3) is 0 Å². The summed E-state index contributed by atoms with van der Waals surface area (Å²) >= 11 is 0. The lowest BCUT2D eigenvalue weighted by Gasteiger charge is -2.25. The molecule has 0 aliphatic rings. The zero-order valence-corrected chi connectivity index (χ0v) is 11.8. The third-order valence-electron chi connectivity index (χ3n) is 3.35. The second kappa shape index (κ2) is 6.92. The number of carbonyl (C=O) groups excluding carboxylic acids is 2. The summed E-state index contributed by atoms with van der Waals surface area (Å²) in [6.45, 7) is 7.08. The van der Waals surface area contributed by atoms with Gasteiger partial charge in [0.25, 0.3) is 0 Å². The van der Waals surface area contributed by atoms with Crippen LogP contribution in [0.3, 0.4) is 0 Å². The third kappa shape index (κ3) is 4.39. The summed E-state index contributed by atoms with van der Waals surface area (Å²) < 4.78 is 0. The highest BCUT2D eigenvalue weighted by molar-refractivity contribution is 6.34. The Balaban J connectivity index is 2.88. The molecule has 2 N–H and O–H groups in total. The molecule has 1 aromatic rings. The highest BCUT2D eigenvalue weighted by Crippen LogP contribution is 2.13. The minimum absolute atomic E-state index is 0.340. The lowest BCUT2D eigenvalue weighted by Crippen LogP contribution is -2.42. The second-order valence-electron chi connectivity index (χ2n) is 4.99. The zero-order chi connectivity index (χ0) is 14.4. The molecule has 0 fully saturated rings. The van der Waals surface area contributed by atoms with Crippen LogP contribution in [0.4, 0.5) is 0 Å². The fourth-order valence-electron chi connectivity index (χ4n) is 1.87. The van der Waals surface area contributed by atoms with Crippen LogP contribution in [0.5, 0.6) is 0 Å². The molecule has 0 spiro atoms. The van der Waals surface area contributed by atoms with E-state index in [1.54, 1.807) is 4.90 Å². The van der Waals surface area contributed by atoms with E-state index in [1.807, 2.05) is 31.2 Å². The smallest absolute Gasteiger partial charge is 0.311 e. The maximum absolute atomic E-state index is 11.9. The topological polar surface area (TPSA) is 63.4 Å². The van der Waals surface area contributed by atoms with Gasteiger partial charge in [-0.15, -0.1) is 0 Å². The van der Waals surface area contributed by atoms with Gasteiger partial charge in [-0.05, 0) is 24.0 Å². The summed E-state index contributed by atoms with van der Waals surface area (Å²) in [5.41, 5.74) is 7.26. The van der Waals surface area contributed by atoms with Crippen molar-refractivity contribution in [1.29, 1.82) is 0 Å². The van der Waals surface area contributed by atoms with Gasteiger partial charge in [0.05, 0.1) is 0 Å². The van der Waals surface area contributed by atoms with Crippen molar-refractivity contribution in [3.05, 3.63) is 35.4 Å². The molecule has 1 atom stereocenters. The van der Waals surface area contributed by atoms with Crippen molar-refractivity contribution in [3.63, 3.8) is 0 Å². The van der Waals surface area contributed by atoms with Crippen molar-refractivity contribution in [3.8, 4) is 0 Å². The summed E-state index contributed by atoms with van der Waals surface area (Å²) in [5, 5.41) is 0. The van der Waals surface area contributed by atoms with Crippen molar-refractivity contribution >= 4 is 11.8 Å². The SMILES string of the molecule is CCC(C)CN(Cc1ccccc1C)C(=O)C(N)=O. The van der Waals surface area contributed by atoms with Gasteiger partial charge < -0.3 is 10.6 Å². The molecule has 4 nitrogen and oxygen atoms in total. The van der Waals surface area contributed by atoms with E-state index in [0.29, 0.717) is 19.0 Å².